The van der Waals surface area contributed by atoms with Crippen molar-refractivity contribution >= 4 is 0 Å². The summed E-state index contributed by atoms with van der Waals surface area (Å²) < 4.78 is 4.76. The summed E-state index contributed by atoms with van der Waals surface area (Å²) in [5.41, 5.74) is 0. The molecule has 6 N–H and O–H groups in total. The Morgan fingerprint density at radius 1 is 0.667 bits per heavy atom. The Hall–Kier alpha value is -0.280. The second-order valence-electron chi connectivity index (χ2n) is 3.17. The Morgan fingerprint density at radius 3 is 1.27 bits per heavy atom. The molecule has 0 saturated heterocycles. The Kier molecular flexibility index (Phi) is 7.79. The standard InChI is InChI=1S/C8H18O7/c9-1-5(11)7(13)3-15-4-8(14)6(12)2-10/h5-14H,1-4H2/t5-,6-,7+,8+/m1/s1. The van der Waals surface area contributed by atoms with E-state index in [1.54, 1.807) is 0 Å². The van der Waals surface area contributed by atoms with Crippen LogP contribution in [-0.2, 0) is 4.74 Å². The van der Waals surface area contributed by atoms with Crippen molar-refractivity contribution in [3.63, 3.8) is 0 Å². The molecule has 0 aromatic heterocycles. The van der Waals surface area contributed by atoms with Gasteiger partial charge in [-0.05, 0) is 0 Å². The first-order valence-electron chi connectivity index (χ1n) is 4.54. The summed E-state index contributed by atoms with van der Waals surface area (Å²) in [6.07, 6.45) is -5.11. The maximum Gasteiger partial charge on any atom is 0.105 e. The lowest BCUT2D eigenvalue weighted by atomic mass is 10.2. The molecule has 0 aliphatic carbocycles. The van der Waals surface area contributed by atoms with E-state index < -0.39 is 37.6 Å². The number of ether oxygens (including phenoxy) is 1. The minimum absolute atomic E-state index is 0.281. The van der Waals surface area contributed by atoms with Crippen LogP contribution in [0.25, 0.3) is 0 Å². The molecule has 0 aliphatic heterocycles. The average molecular weight is 226 g/mol. The molecular formula is C8H18O7. The Labute approximate surface area is 87.2 Å². The zero-order chi connectivity index (χ0) is 11.8. The Bertz CT molecular complexity index is 138. The fourth-order valence-electron chi connectivity index (χ4n) is 0.775. The van der Waals surface area contributed by atoms with E-state index in [0.717, 1.165) is 0 Å². The van der Waals surface area contributed by atoms with Gasteiger partial charge in [-0.15, -0.1) is 0 Å². The third-order valence-electron chi connectivity index (χ3n) is 1.84. The highest BCUT2D eigenvalue weighted by molar-refractivity contribution is 4.67. The largest absolute Gasteiger partial charge is 0.394 e. The first-order valence-corrected chi connectivity index (χ1v) is 4.54. The number of aliphatic hydroxyl groups is 6. The van der Waals surface area contributed by atoms with E-state index >= 15 is 0 Å². The Morgan fingerprint density at radius 2 is 1.00 bits per heavy atom. The van der Waals surface area contributed by atoms with E-state index in [9.17, 15) is 0 Å². The van der Waals surface area contributed by atoms with Crippen molar-refractivity contribution in [2.75, 3.05) is 26.4 Å². The first kappa shape index (κ1) is 14.7. The maximum atomic E-state index is 9.10. The van der Waals surface area contributed by atoms with Gasteiger partial charge >= 0.3 is 0 Å². The van der Waals surface area contributed by atoms with E-state index in [0.29, 0.717) is 0 Å². The lowest BCUT2D eigenvalue weighted by molar-refractivity contribution is -0.0917. The zero-order valence-electron chi connectivity index (χ0n) is 8.23. The van der Waals surface area contributed by atoms with E-state index in [1.165, 1.54) is 0 Å². The molecule has 7 nitrogen and oxygen atoms in total. The lowest BCUT2D eigenvalue weighted by Crippen LogP contribution is -2.37. The molecule has 0 aromatic rings. The first-order chi connectivity index (χ1) is 7.02. The predicted octanol–water partition coefficient (Wildman–Crippen LogP) is -3.57. The molecule has 0 unspecified atom stereocenters. The molecule has 0 rings (SSSR count). The molecule has 4 atom stereocenters. The van der Waals surface area contributed by atoms with Crippen LogP contribution in [0.5, 0.6) is 0 Å². The molecule has 0 aromatic carbocycles. The number of aliphatic hydroxyl groups excluding tert-OH is 6. The van der Waals surface area contributed by atoms with Gasteiger partial charge < -0.3 is 35.4 Å². The van der Waals surface area contributed by atoms with Crippen molar-refractivity contribution in [2.45, 2.75) is 24.4 Å². The molecule has 0 spiro atoms. The average Bonchev–Trinajstić information content (AvgIpc) is 2.26. The molecule has 0 aliphatic rings. The number of hydrogen-bond acceptors (Lipinski definition) is 7. The molecule has 0 heterocycles. The van der Waals surface area contributed by atoms with E-state index in [2.05, 4.69) is 0 Å². The fourth-order valence-corrected chi connectivity index (χ4v) is 0.775. The smallest absolute Gasteiger partial charge is 0.105 e. The van der Waals surface area contributed by atoms with Crippen LogP contribution in [-0.4, -0.2) is 81.5 Å². The fraction of sp³-hybridized carbons (Fsp3) is 1.00. The third kappa shape index (κ3) is 6.00. The van der Waals surface area contributed by atoms with Crippen LogP contribution >= 0.6 is 0 Å². The molecule has 0 saturated carbocycles. The van der Waals surface area contributed by atoms with Crippen molar-refractivity contribution in [2.24, 2.45) is 0 Å². The topological polar surface area (TPSA) is 131 Å². The minimum Gasteiger partial charge on any atom is -0.394 e. The summed E-state index contributed by atoms with van der Waals surface area (Å²) >= 11 is 0. The summed E-state index contributed by atoms with van der Waals surface area (Å²) in [6, 6.07) is 0. The molecule has 92 valence electrons. The van der Waals surface area contributed by atoms with Crippen molar-refractivity contribution in [1.82, 2.24) is 0 Å². The SMILES string of the molecule is OC[C@@H](O)[C@@H](O)COC[C@H](O)[C@H](O)CO. The van der Waals surface area contributed by atoms with Gasteiger partial charge in [0.25, 0.3) is 0 Å². The van der Waals surface area contributed by atoms with Gasteiger partial charge in [0.15, 0.2) is 0 Å². The van der Waals surface area contributed by atoms with Crippen LogP contribution in [0.4, 0.5) is 0 Å². The second kappa shape index (κ2) is 7.94. The zero-order valence-corrected chi connectivity index (χ0v) is 8.23. The van der Waals surface area contributed by atoms with Gasteiger partial charge in [0.2, 0.25) is 0 Å². The highest BCUT2D eigenvalue weighted by Gasteiger charge is 2.18. The van der Waals surface area contributed by atoms with E-state index in [1.807, 2.05) is 0 Å². The van der Waals surface area contributed by atoms with Gasteiger partial charge in [-0.3, -0.25) is 0 Å². The predicted molar refractivity (Wildman–Crippen MR) is 49.0 cm³/mol. The molecule has 15 heavy (non-hydrogen) atoms. The molecule has 7 heteroatoms. The van der Waals surface area contributed by atoms with Crippen molar-refractivity contribution < 1.29 is 35.4 Å². The van der Waals surface area contributed by atoms with E-state index in [-0.39, 0.29) is 13.2 Å². The van der Waals surface area contributed by atoms with Crippen LogP contribution < -0.4 is 0 Å². The van der Waals surface area contributed by atoms with Gasteiger partial charge in [-0.2, -0.15) is 0 Å². The van der Waals surface area contributed by atoms with Crippen molar-refractivity contribution in [3.05, 3.63) is 0 Å². The lowest BCUT2D eigenvalue weighted by Gasteiger charge is -2.19. The quantitative estimate of drug-likeness (QED) is 0.252. The van der Waals surface area contributed by atoms with Crippen LogP contribution in [0.3, 0.4) is 0 Å². The maximum absolute atomic E-state index is 9.10. The molecule has 0 amide bonds. The Balaban J connectivity index is 3.60. The van der Waals surface area contributed by atoms with Crippen LogP contribution in [0.1, 0.15) is 0 Å². The summed E-state index contributed by atoms with van der Waals surface area (Å²) in [5, 5.41) is 52.9. The summed E-state index contributed by atoms with van der Waals surface area (Å²) in [7, 11) is 0. The number of rotatable bonds is 8. The second-order valence-corrected chi connectivity index (χ2v) is 3.17. The molecule has 0 fully saturated rings. The van der Waals surface area contributed by atoms with Crippen LogP contribution in [0.2, 0.25) is 0 Å². The van der Waals surface area contributed by atoms with E-state index in [4.69, 9.17) is 35.4 Å². The van der Waals surface area contributed by atoms with Gasteiger partial charge in [-0.1, -0.05) is 0 Å². The monoisotopic (exact) mass is 226 g/mol. The van der Waals surface area contributed by atoms with Gasteiger partial charge in [0.1, 0.15) is 24.4 Å². The highest BCUT2D eigenvalue weighted by atomic mass is 16.5. The summed E-state index contributed by atoms with van der Waals surface area (Å²) in [6.45, 7) is -1.74. The summed E-state index contributed by atoms with van der Waals surface area (Å²) in [5.74, 6) is 0. The molecular weight excluding hydrogens is 208 g/mol. The van der Waals surface area contributed by atoms with Crippen molar-refractivity contribution in [3.8, 4) is 0 Å². The van der Waals surface area contributed by atoms with Crippen LogP contribution in [0, 0.1) is 0 Å². The van der Waals surface area contributed by atoms with Gasteiger partial charge in [-0.25, -0.2) is 0 Å². The minimum atomic E-state index is -1.30. The number of hydrogen-bond donors (Lipinski definition) is 6. The van der Waals surface area contributed by atoms with Crippen molar-refractivity contribution in [1.29, 1.82) is 0 Å². The normalized spacial score (nSPS) is 19.6. The van der Waals surface area contributed by atoms with Gasteiger partial charge in [0.05, 0.1) is 26.4 Å². The molecule has 0 bridgehead atoms. The van der Waals surface area contributed by atoms with Crippen LogP contribution in [0.15, 0.2) is 0 Å². The van der Waals surface area contributed by atoms with Gasteiger partial charge in [0, 0.05) is 0 Å². The molecule has 0 radical (unpaired) electrons. The third-order valence-corrected chi connectivity index (χ3v) is 1.84. The summed E-state index contributed by atoms with van der Waals surface area (Å²) in [4.78, 5) is 0. The highest BCUT2D eigenvalue weighted by Crippen LogP contribution is 1.97.